The van der Waals surface area contributed by atoms with Crippen molar-refractivity contribution in [2.75, 3.05) is 13.1 Å². The Labute approximate surface area is 125 Å². The molecular weight excluding hydrogens is 333 g/mol. The van der Waals surface area contributed by atoms with Crippen LogP contribution in [0, 0.1) is 8.99 Å². The van der Waals surface area contributed by atoms with Gasteiger partial charge in [0, 0.05) is 10.1 Å². The Morgan fingerprint density at radius 1 is 1.11 bits per heavy atom. The van der Waals surface area contributed by atoms with Crippen LogP contribution < -0.4 is 5.32 Å². The van der Waals surface area contributed by atoms with Crippen LogP contribution in [-0.2, 0) is 6.42 Å². The average Bonchev–Trinajstić information content (AvgIpc) is 2.40. The largest absolute Gasteiger partial charge is 0.316 e. The molecule has 0 heterocycles. The molecule has 0 amide bonds. The van der Waals surface area contributed by atoms with E-state index in [-0.39, 0.29) is 0 Å². The molecule has 1 fully saturated rings. The summed E-state index contributed by atoms with van der Waals surface area (Å²) in [6.45, 7) is 4.49. The Balaban J connectivity index is 2.06. The van der Waals surface area contributed by atoms with Gasteiger partial charge in [0.1, 0.15) is 0 Å². The molecule has 0 spiro atoms. The Morgan fingerprint density at radius 3 is 2.39 bits per heavy atom. The van der Waals surface area contributed by atoms with Crippen LogP contribution in [0.2, 0.25) is 0 Å². The molecule has 1 aliphatic carbocycles. The number of benzene rings is 1. The van der Waals surface area contributed by atoms with Gasteiger partial charge in [0.25, 0.3) is 0 Å². The van der Waals surface area contributed by atoms with Gasteiger partial charge in [-0.05, 0) is 71.5 Å². The maximum Gasteiger partial charge on any atom is 0.0130 e. The van der Waals surface area contributed by atoms with Gasteiger partial charge < -0.3 is 5.32 Å². The Kier molecular flexibility index (Phi) is 5.49. The van der Waals surface area contributed by atoms with Crippen molar-refractivity contribution in [3.8, 4) is 0 Å². The highest BCUT2D eigenvalue weighted by Crippen LogP contribution is 2.38. The molecule has 0 aromatic heterocycles. The van der Waals surface area contributed by atoms with Crippen LogP contribution in [0.5, 0.6) is 0 Å². The van der Waals surface area contributed by atoms with Gasteiger partial charge in [-0.15, -0.1) is 0 Å². The van der Waals surface area contributed by atoms with Crippen molar-refractivity contribution in [1.29, 1.82) is 0 Å². The summed E-state index contributed by atoms with van der Waals surface area (Å²) in [5.41, 5.74) is 2.02. The fourth-order valence-corrected chi connectivity index (χ4v) is 3.50. The second kappa shape index (κ2) is 6.90. The van der Waals surface area contributed by atoms with Gasteiger partial charge >= 0.3 is 0 Å². The molecule has 1 aliphatic rings. The second-order valence-corrected chi connectivity index (χ2v) is 6.89. The summed E-state index contributed by atoms with van der Waals surface area (Å²) in [7, 11) is 0. The average molecular weight is 357 g/mol. The van der Waals surface area contributed by atoms with Gasteiger partial charge in [-0.1, -0.05) is 38.3 Å². The number of hydrogen-bond acceptors (Lipinski definition) is 1. The number of nitrogens with one attached hydrogen (secondary N) is 1. The van der Waals surface area contributed by atoms with Gasteiger partial charge in [0.2, 0.25) is 0 Å². The molecule has 18 heavy (non-hydrogen) atoms. The predicted octanol–water partition coefficient (Wildman–Crippen LogP) is 4.39. The summed E-state index contributed by atoms with van der Waals surface area (Å²) in [5, 5.41) is 3.59. The Bertz CT molecular complexity index is 352. The SMILES string of the molecule is CCNCC1(Cc2ccc(I)cc2)CCCCC1. The van der Waals surface area contributed by atoms with Crippen LogP contribution in [-0.4, -0.2) is 13.1 Å². The van der Waals surface area contributed by atoms with Gasteiger partial charge in [0.15, 0.2) is 0 Å². The first-order valence-corrected chi connectivity index (χ1v) is 8.27. The zero-order valence-corrected chi connectivity index (χ0v) is 13.5. The van der Waals surface area contributed by atoms with Gasteiger partial charge in [-0.2, -0.15) is 0 Å². The highest BCUT2D eigenvalue weighted by molar-refractivity contribution is 14.1. The normalized spacial score (nSPS) is 18.8. The summed E-state index contributed by atoms with van der Waals surface area (Å²) in [5.74, 6) is 0. The van der Waals surface area contributed by atoms with E-state index in [1.165, 1.54) is 54.2 Å². The van der Waals surface area contributed by atoms with E-state index in [2.05, 4.69) is 59.1 Å². The quantitative estimate of drug-likeness (QED) is 0.771. The van der Waals surface area contributed by atoms with E-state index >= 15 is 0 Å². The molecule has 2 heteroatoms. The van der Waals surface area contributed by atoms with Crippen molar-refractivity contribution in [2.24, 2.45) is 5.41 Å². The van der Waals surface area contributed by atoms with Crippen LogP contribution in [0.1, 0.15) is 44.6 Å². The molecule has 100 valence electrons. The minimum Gasteiger partial charge on any atom is -0.316 e. The molecule has 2 rings (SSSR count). The monoisotopic (exact) mass is 357 g/mol. The number of hydrogen-bond donors (Lipinski definition) is 1. The minimum atomic E-state index is 0.515. The topological polar surface area (TPSA) is 12.0 Å². The van der Waals surface area contributed by atoms with E-state index in [1.807, 2.05) is 0 Å². The van der Waals surface area contributed by atoms with Crippen LogP contribution in [0.15, 0.2) is 24.3 Å². The van der Waals surface area contributed by atoms with Crippen LogP contribution in [0.25, 0.3) is 0 Å². The summed E-state index contributed by atoms with van der Waals surface area (Å²) in [4.78, 5) is 0. The zero-order valence-electron chi connectivity index (χ0n) is 11.3. The lowest BCUT2D eigenvalue weighted by Gasteiger charge is -2.38. The van der Waals surface area contributed by atoms with E-state index in [0.717, 1.165) is 6.54 Å². The van der Waals surface area contributed by atoms with Crippen molar-refractivity contribution in [3.63, 3.8) is 0 Å². The van der Waals surface area contributed by atoms with Gasteiger partial charge in [-0.3, -0.25) is 0 Å². The minimum absolute atomic E-state index is 0.515. The fourth-order valence-electron chi connectivity index (χ4n) is 3.14. The third kappa shape index (κ3) is 3.95. The first-order valence-electron chi connectivity index (χ1n) is 7.19. The summed E-state index contributed by atoms with van der Waals surface area (Å²) >= 11 is 2.38. The molecule has 1 saturated carbocycles. The van der Waals surface area contributed by atoms with Crippen molar-refractivity contribution >= 4 is 22.6 Å². The van der Waals surface area contributed by atoms with Crippen LogP contribution >= 0.6 is 22.6 Å². The predicted molar refractivity (Wildman–Crippen MR) is 86.9 cm³/mol. The molecule has 1 nitrogen and oxygen atoms in total. The lowest BCUT2D eigenvalue weighted by atomic mass is 9.70. The lowest BCUT2D eigenvalue weighted by molar-refractivity contribution is 0.182. The molecule has 1 aromatic rings. The molecule has 0 bridgehead atoms. The molecule has 0 atom stereocenters. The van der Waals surface area contributed by atoms with E-state index < -0.39 is 0 Å². The van der Waals surface area contributed by atoms with E-state index in [4.69, 9.17) is 0 Å². The third-order valence-corrected chi connectivity index (χ3v) is 4.88. The maximum atomic E-state index is 3.59. The first-order chi connectivity index (χ1) is 8.74. The lowest BCUT2D eigenvalue weighted by Crippen LogP contribution is -2.37. The smallest absolute Gasteiger partial charge is 0.0130 e. The van der Waals surface area contributed by atoms with E-state index in [9.17, 15) is 0 Å². The van der Waals surface area contributed by atoms with Crippen LogP contribution in [0.4, 0.5) is 0 Å². The standard InChI is InChI=1S/C16H24IN/c1-2-18-13-16(10-4-3-5-11-16)12-14-6-8-15(17)9-7-14/h6-9,18H,2-5,10-13H2,1H3. The maximum absolute atomic E-state index is 3.59. The van der Waals surface area contributed by atoms with Crippen molar-refractivity contribution in [3.05, 3.63) is 33.4 Å². The van der Waals surface area contributed by atoms with Crippen LogP contribution in [0.3, 0.4) is 0 Å². The highest BCUT2D eigenvalue weighted by atomic mass is 127. The van der Waals surface area contributed by atoms with Crippen molar-refractivity contribution in [2.45, 2.75) is 45.4 Å². The summed E-state index contributed by atoms with van der Waals surface area (Å²) in [6, 6.07) is 9.09. The Morgan fingerprint density at radius 2 is 1.78 bits per heavy atom. The zero-order chi connectivity index (χ0) is 12.8. The summed E-state index contributed by atoms with van der Waals surface area (Å²) in [6.07, 6.45) is 8.29. The fraction of sp³-hybridized carbons (Fsp3) is 0.625. The molecule has 0 aliphatic heterocycles. The van der Waals surface area contributed by atoms with Gasteiger partial charge in [0.05, 0.1) is 0 Å². The Hall–Kier alpha value is -0.0900. The molecule has 0 unspecified atom stereocenters. The molecule has 1 aromatic carbocycles. The van der Waals surface area contributed by atoms with Crippen molar-refractivity contribution in [1.82, 2.24) is 5.32 Å². The number of rotatable bonds is 5. The molecular formula is C16H24IN. The van der Waals surface area contributed by atoms with E-state index in [1.54, 1.807) is 0 Å². The highest BCUT2D eigenvalue weighted by Gasteiger charge is 2.31. The first kappa shape index (κ1) is 14.3. The molecule has 0 radical (unpaired) electrons. The third-order valence-electron chi connectivity index (χ3n) is 4.16. The molecule has 0 saturated heterocycles. The second-order valence-electron chi connectivity index (χ2n) is 5.64. The van der Waals surface area contributed by atoms with Gasteiger partial charge in [-0.25, -0.2) is 0 Å². The van der Waals surface area contributed by atoms with Crippen molar-refractivity contribution < 1.29 is 0 Å². The number of halogens is 1. The van der Waals surface area contributed by atoms with E-state index in [0.29, 0.717) is 5.41 Å². The summed E-state index contributed by atoms with van der Waals surface area (Å²) < 4.78 is 1.33. The molecule has 1 N–H and O–H groups in total.